The van der Waals surface area contributed by atoms with Crippen molar-refractivity contribution in [2.45, 2.75) is 12.8 Å². The molecule has 0 spiro atoms. The average Bonchev–Trinajstić information content (AvgIpc) is 2.34. The van der Waals surface area contributed by atoms with Crippen molar-refractivity contribution in [3.63, 3.8) is 0 Å². The first kappa shape index (κ1) is 6.99. The van der Waals surface area contributed by atoms with Crippen molar-refractivity contribution in [2.75, 3.05) is 26.2 Å². The van der Waals surface area contributed by atoms with Crippen LogP contribution in [0.4, 0.5) is 0 Å². The Morgan fingerprint density at radius 2 is 2.00 bits per heavy atom. The number of aliphatic hydroxyl groups is 1. The Morgan fingerprint density at radius 3 is 2.56 bits per heavy atom. The number of nitrogens with zero attached hydrogens (tertiary/aromatic N) is 1. The molecule has 0 atom stereocenters. The molecule has 1 aliphatic heterocycles. The first-order valence-electron chi connectivity index (χ1n) is 3.53. The second kappa shape index (κ2) is 3.82. The van der Waals surface area contributed by atoms with Crippen molar-refractivity contribution in [3.05, 3.63) is 0 Å². The van der Waals surface area contributed by atoms with E-state index in [9.17, 15) is 0 Å². The van der Waals surface area contributed by atoms with Gasteiger partial charge in [-0.1, -0.05) is 0 Å². The maximum absolute atomic E-state index is 8.44. The van der Waals surface area contributed by atoms with Gasteiger partial charge < -0.3 is 5.11 Å². The summed E-state index contributed by atoms with van der Waals surface area (Å²) in [5.41, 5.74) is 3.11. The molecule has 0 radical (unpaired) electrons. The molecule has 0 aromatic rings. The molecule has 0 saturated carbocycles. The Bertz CT molecular complexity index is 71.5. The number of hydrogen-bond donors (Lipinski definition) is 2. The standard InChI is InChI=1S/C6H14N2O/c9-6-3-7-8-4-1-2-5-8/h7,9H,1-6H2. The van der Waals surface area contributed by atoms with E-state index in [-0.39, 0.29) is 6.61 Å². The van der Waals surface area contributed by atoms with E-state index in [1.165, 1.54) is 12.8 Å². The minimum atomic E-state index is 0.233. The lowest BCUT2D eigenvalue weighted by molar-refractivity contribution is 0.196. The van der Waals surface area contributed by atoms with Crippen molar-refractivity contribution < 1.29 is 5.11 Å². The number of nitrogens with one attached hydrogen (secondary N) is 1. The number of aliphatic hydroxyl groups excluding tert-OH is 1. The normalized spacial score (nSPS) is 21.0. The van der Waals surface area contributed by atoms with E-state index in [1.54, 1.807) is 0 Å². The molecule has 3 nitrogen and oxygen atoms in total. The Labute approximate surface area is 55.6 Å². The van der Waals surface area contributed by atoms with Crippen LogP contribution in [0.2, 0.25) is 0 Å². The second-order valence-electron chi connectivity index (χ2n) is 2.33. The molecule has 1 fully saturated rings. The Hall–Kier alpha value is -0.120. The van der Waals surface area contributed by atoms with Gasteiger partial charge in [0, 0.05) is 19.6 Å². The smallest absolute Gasteiger partial charge is 0.0570 e. The van der Waals surface area contributed by atoms with E-state index in [0.29, 0.717) is 6.54 Å². The SMILES string of the molecule is OCCNN1CCCC1. The van der Waals surface area contributed by atoms with E-state index in [1.807, 2.05) is 0 Å². The lowest BCUT2D eigenvalue weighted by atomic mass is 10.4. The van der Waals surface area contributed by atoms with Crippen LogP contribution < -0.4 is 5.43 Å². The number of hydrazine groups is 1. The molecular weight excluding hydrogens is 116 g/mol. The van der Waals surface area contributed by atoms with Gasteiger partial charge in [0.1, 0.15) is 0 Å². The molecule has 54 valence electrons. The maximum atomic E-state index is 8.44. The van der Waals surface area contributed by atoms with E-state index >= 15 is 0 Å². The molecule has 1 rings (SSSR count). The minimum Gasteiger partial charge on any atom is -0.395 e. The molecule has 0 aromatic carbocycles. The zero-order chi connectivity index (χ0) is 6.53. The monoisotopic (exact) mass is 130 g/mol. The number of hydrogen-bond acceptors (Lipinski definition) is 3. The van der Waals surface area contributed by atoms with Crippen LogP contribution >= 0.6 is 0 Å². The van der Waals surface area contributed by atoms with Crippen LogP contribution in [0.5, 0.6) is 0 Å². The van der Waals surface area contributed by atoms with Gasteiger partial charge in [0.25, 0.3) is 0 Å². The van der Waals surface area contributed by atoms with Crippen LogP contribution in [0.1, 0.15) is 12.8 Å². The van der Waals surface area contributed by atoms with Gasteiger partial charge >= 0.3 is 0 Å². The van der Waals surface area contributed by atoms with E-state index in [2.05, 4.69) is 10.4 Å². The Kier molecular flexibility index (Phi) is 2.97. The van der Waals surface area contributed by atoms with Gasteiger partial charge in [0.05, 0.1) is 6.61 Å². The fraction of sp³-hybridized carbons (Fsp3) is 1.00. The fourth-order valence-electron chi connectivity index (χ4n) is 1.08. The van der Waals surface area contributed by atoms with Crippen LogP contribution in [0.15, 0.2) is 0 Å². The van der Waals surface area contributed by atoms with Crippen LogP contribution in [0.3, 0.4) is 0 Å². The molecule has 0 unspecified atom stereocenters. The molecule has 0 aliphatic carbocycles. The molecule has 9 heavy (non-hydrogen) atoms. The molecule has 2 N–H and O–H groups in total. The summed E-state index contributed by atoms with van der Waals surface area (Å²) in [5, 5.41) is 10.6. The van der Waals surface area contributed by atoms with Crippen LogP contribution in [0, 0.1) is 0 Å². The third-order valence-electron chi connectivity index (χ3n) is 1.55. The average molecular weight is 130 g/mol. The molecule has 0 aromatic heterocycles. The maximum Gasteiger partial charge on any atom is 0.0570 e. The zero-order valence-electron chi connectivity index (χ0n) is 5.64. The molecule has 1 heterocycles. The lowest BCUT2D eigenvalue weighted by Crippen LogP contribution is -2.36. The largest absolute Gasteiger partial charge is 0.395 e. The van der Waals surface area contributed by atoms with E-state index in [4.69, 9.17) is 5.11 Å². The summed E-state index contributed by atoms with van der Waals surface area (Å²) in [5.74, 6) is 0. The van der Waals surface area contributed by atoms with Gasteiger partial charge in [0.2, 0.25) is 0 Å². The molecular formula is C6H14N2O. The highest BCUT2D eigenvalue weighted by Crippen LogP contribution is 2.02. The van der Waals surface area contributed by atoms with Crippen LogP contribution in [-0.4, -0.2) is 36.4 Å². The van der Waals surface area contributed by atoms with Gasteiger partial charge in [0.15, 0.2) is 0 Å². The van der Waals surface area contributed by atoms with Gasteiger partial charge in [-0.3, -0.25) is 5.43 Å². The van der Waals surface area contributed by atoms with Crippen molar-refractivity contribution in [1.29, 1.82) is 0 Å². The highest BCUT2D eigenvalue weighted by Gasteiger charge is 2.08. The number of rotatable bonds is 3. The first-order chi connectivity index (χ1) is 4.43. The summed E-state index contributed by atoms with van der Waals surface area (Å²) in [6.45, 7) is 3.20. The minimum absolute atomic E-state index is 0.233. The fourth-order valence-corrected chi connectivity index (χ4v) is 1.08. The van der Waals surface area contributed by atoms with Crippen molar-refractivity contribution >= 4 is 0 Å². The van der Waals surface area contributed by atoms with Gasteiger partial charge in [-0.25, -0.2) is 5.01 Å². The van der Waals surface area contributed by atoms with E-state index < -0.39 is 0 Å². The second-order valence-corrected chi connectivity index (χ2v) is 2.33. The molecule has 0 amide bonds. The van der Waals surface area contributed by atoms with Crippen molar-refractivity contribution in [2.24, 2.45) is 0 Å². The third kappa shape index (κ3) is 2.30. The van der Waals surface area contributed by atoms with Gasteiger partial charge in [-0.2, -0.15) is 0 Å². The molecule has 1 saturated heterocycles. The third-order valence-corrected chi connectivity index (χ3v) is 1.55. The molecule has 0 bridgehead atoms. The van der Waals surface area contributed by atoms with Crippen molar-refractivity contribution in [1.82, 2.24) is 10.4 Å². The summed E-state index contributed by atoms with van der Waals surface area (Å²) < 4.78 is 0. The van der Waals surface area contributed by atoms with E-state index in [0.717, 1.165) is 13.1 Å². The Balaban J connectivity index is 1.98. The van der Waals surface area contributed by atoms with Crippen LogP contribution in [-0.2, 0) is 0 Å². The molecule has 3 heteroatoms. The summed E-state index contributed by atoms with van der Waals surface area (Å²) in [6, 6.07) is 0. The predicted molar refractivity (Wildman–Crippen MR) is 35.9 cm³/mol. The topological polar surface area (TPSA) is 35.5 Å². The summed E-state index contributed by atoms with van der Waals surface area (Å²) in [4.78, 5) is 0. The van der Waals surface area contributed by atoms with Gasteiger partial charge in [-0.05, 0) is 12.8 Å². The van der Waals surface area contributed by atoms with Crippen LogP contribution in [0.25, 0.3) is 0 Å². The highest BCUT2D eigenvalue weighted by molar-refractivity contribution is 4.60. The molecule has 1 aliphatic rings. The lowest BCUT2D eigenvalue weighted by Gasteiger charge is -2.14. The first-order valence-corrected chi connectivity index (χ1v) is 3.53. The highest BCUT2D eigenvalue weighted by atomic mass is 16.3. The summed E-state index contributed by atoms with van der Waals surface area (Å²) in [6.07, 6.45) is 2.58. The zero-order valence-corrected chi connectivity index (χ0v) is 5.64. The van der Waals surface area contributed by atoms with Crippen molar-refractivity contribution in [3.8, 4) is 0 Å². The summed E-state index contributed by atoms with van der Waals surface area (Å²) in [7, 11) is 0. The quantitative estimate of drug-likeness (QED) is 0.544. The van der Waals surface area contributed by atoms with Gasteiger partial charge in [-0.15, -0.1) is 0 Å². The Morgan fingerprint density at radius 1 is 1.33 bits per heavy atom. The predicted octanol–water partition coefficient (Wildman–Crippen LogP) is -0.421. The summed E-state index contributed by atoms with van der Waals surface area (Å²) >= 11 is 0.